The summed E-state index contributed by atoms with van der Waals surface area (Å²) in [6.07, 6.45) is 7.09. The molecule has 0 saturated carbocycles. The summed E-state index contributed by atoms with van der Waals surface area (Å²) in [5, 5.41) is 0. The highest BCUT2D eigenvalue weighted by atomic mass is 79.9. The van der Waals surface area contributed by atoms with Crippen molar-refractivity contribution in [3.05, 3.63) is 106 Å². The molecule has 0 N–H and O–H groups in total. The maximum atomic E-state index is 12.3. The van der Waals surface area contributed by atoms with Gasteiger partial charge >= 0.3 is 0 Å². The van der Waals surface area contributed by atoms with Gasteiger partial charge in [-0.05, 0) is 65.1 Å². The molecule has 0 bridgehead atoms. The number of ketones is 1. The van der Waals surface area contributed by atoms with Crippen LogP contribution in [0.15, 0.2) is 94.2 Å². The number of benzene rings is 3. The molecule has 3 nitrogen and oxygen atoms in total. The Bertz CT molecular complexity index is 1170. The number of aromatic nitrogens is 1. The second-order valence-electron chi connectivity index (χ2n) is 7.09. The zero-order chi connectivity index (χ0) is 20.9. The van der Waals surface area contributed by atoms with E-state index in [0.29, 0.717) is 12.3 Å². The van der Waals surface area contributed by atoms with Crippen LogP contribution >= 0.6 is 15.9 Å². The van der Waals surface area contributed by atoms with Crippen LogP contribution in [0.1, 0.15) is 16.7 Å². The van der Waals surface area contributed by atoms with Crippen LogP contribution in [0.4, 0.5) is 0 Å². The number of halogens is 1. The number of carbonyl (C=O) groups is 1. The van der Waals surface area contributed by atoms with E-state index < -0.39 is 0 Å². The summed E-state index contributed by atoms with van der Waals surface area (Å²) in [5.41, 5.74) is 6.33. The quantitative estimate of drug-likeness (QED) is 0.295. The first-order valence-electron chi connectivity index (χ1n) is 9.65. The number of aryl methyl sites for hydroxylation is 1. The first-order chi connectivity index (χ1) is 14.6. The predicted molar refractivity (Wildman–Crippen MR) is 124 cm³/mol. The van der Waals surface area contributed by atoms with Gasteiger partial charge in [0.15, 0.2) is 5.78 Å². The standard InChI is InChI=1S/C26H20BrNO2/c1-18-2-8-22(26-28-14-15-30-26)17-25(18)21-9-3-20(4-10-21)16-24(29)13-7-19-5-11-23(27)12-6-19/h2-15,17H,16H2,1H3/b13-7+. The van der Waals surface area contributed by atoms with Crippen molar-refractivity contribution in [2.24, 2.45) is 0 Å². The Morgan fingerprint density at radius 2 is 1.73 bits per heavy atom. The minimum Gasteiger partial charge on any atom is -0.445 e. The number of hydrogen-bond acceptors (Lipinski definition) is 3. The van der Waals surface area contributed by atoms with E-state index in [4.69, 9.17) is 4.42 Å². The normalized spacial score (nSPS) is 11.1. The summed E-state index contributed by atoms with van der Waals surface area (Å²) < 4.78 is 6.44. The lowest BCUT2D eigenvalue weighted by atomic mass is 9.96. The van der Waals surface area contributed by atoms with Gasteiger partial charge in [0.05, 0.1) is 6.20 Å². The lowest BCUT2D eigenvalue weighted by molar-refractivity contribution is -0.113. The van der Waals surface area contributed by atoms with E-state index in [9.17, 15) is 4.79 Å². The first kappa shape index (κ1) is 20.0. The van der Waals surface area contributed by atoms with Crippen LogP contribution in [0.25, 0.3) is 28.7 Å². The molecule has 0 fully saturated rings. The Kier molecular flexibility index (Phi) is 6.05. The first-order valence-corrected chi connectivity index (χ1v) is 10.4. The minimum absolute atomic E-state index is 0.0766. The minimum atomic E-state index is 0.0766. The fraction of sp³-hybridized carbons (Fsp3) is 0.0769. The van der Waals surface area contributed by atoms with E-state index in [1.165, 1.54) is 5.56 Å². The van der Waals surface area contributed by atoms with E-state index in [1.54, 1.807) is 18.5 Å². The fourth-order valence-electron chi connectivity index (χ4n) is 3.26. The van der Waals surface area contributed by atoms with Gasteiger partial charge in [-0.2, -0.15) is 0 Å². The molecule has 4 rings (SSSR count). The number of carbonyl (C=O) groups excluding carboxylic acids is 1. The molecule has 1 aromatic heterocycles. The van der Waals surface area contributed by atoms with Crippen molar-refractivity contribution >= 4 is 27.8 Å². The lowest BCUT2D eigenvalue weighted by Crippen LogP contribution is -1.98. The van der Waals surface area contributed by atoms with Gasteiger partial charge in [0.2, 0.25) is 5.89 Å². The van der Waals surface area contributed by atoms with Crippen LogP contribution in [0.5, 0.6) is 0 Å². The van der Waals surface area contributed by atoms with Crippen LogP contribution in [0.3, 0.4) is 0 Å². The monoisotopic (exact) mass is 457 g/mol. The van der Waals surface area contributed by atoms with Crippen LogP contribution in [0, 0.1) is 6.92 Å². The van der Waals surface area contributed by atoms with Gasteiger partial charge in [-0.25, -0.2) is 4.98 Å². The third kappa shape index (κ3) is 4.84. The Morgan fingerprint density at radius 1 is 1.00 bits per heavy atom. The van der Waals surface area contributed by atoms with E-state index in [0.717, 1.165) is 32.3 Å². The highest BCUT2D eigenvalue weighted by Gasteiger charge is 2.08. The molecular weight excluding hydrogens is 438 g/mol. The van der Waals surface area contributed by atoms with Gasteiger partial charge in [-0.3, -0.25) is 4.79 Å². The molecule has 0 radical (unpaired) electrons. The summed E-state index contributed by atoms with van der Waals surface area (Å²) in [4.78, 5) is 16.6. The molecule has 0 saturated heterocycles. The van der Waals surface area contributed by atoms with Crippen molar-refractivity contribution in [2.45, 2.75) is 13.3 Å². The number of hydrogen-bond donors (Lipinski definition) is 0. The summed E-state index contributed by atoms with van der Waals surface area (Å²) in [6, 6.07) is 22.2. The fourth-order valence-corrected chi connectivity index (χ4v) is 3.52. The van der Waals surface area contributed by atoms with E-state index in [1.807, 2.05) is 48.5 Å². The summed E-state index contributed by atoms with van der Waals surface area (Å²) in [5.74, 6) is 0.684. The molecule has 3 aromatic carbocycles. The van der Waals surface area contributed by atoms with Gasteiger partial charge in [0.1, 0.15) is 6.26 Å². The highest BCUT2D eigenvalue weighted by Crippen LogP contribution is 2.29. The average molecular weight is 458 g/mol. The number of oxazole rings is 1. The van der Waals surface area contributed by atoms with Crippen molar-refractivity contribution in [3.8, 4) is 22.6 Å². The van der Waals surface area contributed by atoms with Crippen LogP contribution in [-0.2, 0) is 11.2 Å². The Labute approximate surface area is 184 Å². The largest absolute Gasteiger partial charge is 0.445 e. The number of rotatable bonds is 6. The van der Waals surface area contributed by atoms with Crippen molar-refractivity contribution in [2.75, 3.05) is 0 Å². The zero-order valence-corrected chi connectivity index (χ0v) is 18.1. The number of nitrogens with zero attached hydrogens (tertiary/aromatic N) is 1. The Hall–Kier alpha value is -3.24. The van der Waals surface area contributed by atoms with E-state index >= 15 is 0 Å². The molecule has 0 aliphatic carbocycles. The molecule has 148 valence electrons. The molecule has 0 unspecified atom stereocenters. The van der Waals surface area contributed by atoms with Crippen molar-refractivity contribution in [1.29, 1.82) is 0 Å². The molecule has 0 atom stereocenters. The Morgan fingerprint density at radius 3 is 2.43 bits per heavy atom. The topological polar surface area (TPSA) is 43.1 Å². The summed E-state index contributed by atoms with van der Waals surface area (Å²) in [7, 11) is 0. The molecule has 0 amide bonds. The van der Waals surface area contributed by atoms with Crippen LogP contribution < -0.4 is 0 Å². The van der Waals surface area contributed by atoms with Crippen LogP contribution in [-0.4, -0.2) is 10.8 Å². The van der Waals surface area contributed by atoms with Crippen molar-refractivity contribution in [1.82, 2.24) is 4.98 Å². The van der Waals surface area contributed by atoms with Crippen molar-refractivity contribution < 1.29 is 9.21 Å². The molecule has 1 heterocycles. The van der Waals surface area contributed by atoms with E-state index in [2.05, 4.69) is 52.1 Å². The maximum Gasteiger partial charge on any atom is 0.225 e. The molecule has 0 spiro atoms. The van der Waals surface area contributed by atoms with Gasteiger partial charge in [-0.15, -0.1) is 0 Å². The van der Waals surface area contributed by atoms with Gasteiger partial charge in [0, 0.05) is 16.5 Å². The lowest BCUT2D eigenvalue weighted by Gasteiger charge is -2.09. The molecular formula is C26H20BrNO2. The third-order valence-corrected chi connectivity index (χ3v) is 5.42. The van der Waals surface area contributed by atoms with Gasteiger partial charge < -0.3 is 4.42 Å². The zero-order valence-electron chi connectivity index (χ0n) is 16.5. The molecule has 0 aliphatic heterocycles. The summed E-state index contributed by atoms with van der Waals surface area (Å²) in [6.45, 7) is 2.08. The third-order valence-electron chi connectivity index (χ3n) is 4.89. The average Bonchev–Trinajstić information content (AvgIpc) is 3.29. The van der Waals surface area contributed by atoms with Crippen molar-refractivity contribution in [3.63, 3.8) is 0 Å². The molecule has 0 aliphatic rings. The molecule has 4 aromatic rings. The second-order valence-corrected chi connectivity index (χ2v) is 8.01. The molecule has 4 heteroatoms. The van der Waals surface area contributed by atoms with E-state index in [-0.39, 0.29) is 5.78 Å². The SMILES string of the molecule is Cc1ccc(-c2ncco2)cc1-c1ccc(CC(=O)/C=C/c2ccc(Br)cc2)cc1. The number of allylic oxidation sites excluding steroid dienone is 1. The molecule has 30 heavy (non-hydrogen) atoms. The maximum absolute atomic E-state index is 12.3. The van der Waals surface area contributed by atoms with Gasteiger partial charge in [-0.1, -0.05) is 64.5 Å². The second kappa shape index (κ2) is 9.06. The highest BCUT2D eigenvalue weighted by molar-refractivity contribution is 9.10. The van der Waals surface area contributed by atoms with Crippen LogP contribution in [0.2, 0.25) is 0 Å². The Balaban J connectivity index is 1.47. The van der Waals surface area contributed by atoms with Gasteiger partial charge in [0.25, 0.3) is 0 Å². The summed E-state index contributed by atoms with van der Waals surface area (Å²) >= 11 is 3.41. The smallest absolute Gasteiger partial charge is 0.225 e. The predicted octanol–water partition coefficient (Wildman–Crippen LogP) is 6.90.